The van der Waals surface area contributed by atoms with Gasteiger partial charge in [0, 0.05) is 36.9 Å². The minimum atomic E-state index is -0.570. The molecule has 1 atom stereocenters. The molecule has 3 aromatic carbocycles. The number of hydrogen-bond acceptors (Lipinski definition) is 4. The number of rotatable bonds is 10. The summed E-state index contributed by atoms with van der Waals surface area (Å²) in [7, 11) is 0. The third-order valence-corrected chi connectivity index (χ3v) is 7.65. The zero-order valence-electron chi connectivity index (χ0n) is 21.5. The van der Waals surface area contributed by atoms with E-state index >= 15 is 0 Å². The molecule has 0 bridgehead atoms. The lowest BCUT2D eigenvalue weighted by Gasteiger charge is -2.37. The summed E-state index contributed by atoms with van der Waals surface area (Å²) in [5, 5.41) is 0.758. The summed E-state index contributed by atoms with van der Waals surface area (Å²) in [6.45, 7) is 9.41. The van der Waals surface area contributed by atoms with E-state index in [1.807, 2.05) is 43.3 Å². The average Bonchev–Trinajstić information content (AvgIpc) is 2.92. The van der Waals surface area contributed by atoms with Crippen LogP contribution in [-0.2, 0) is 14.9 Å². The van der Waals surface area contributed by atoms with Gasteiger partial charge in [0.25, 0.3) is 0 Å². The molecule has 1 unspecified atom stereocenters. The van der Waals surface area contributed by atoms with E-state index < -0.39 is 5.41 Å². The topological polar surface area (TPSA) is 32.8 Å². The van der Waals surface area contributed by atoms with Gasteiger partial charge < -0.3 is 9.64 Å². The number of piperazine rings is 1. The van der Waals surface area contributed by atoms with Crippen LogP contribution in [0.15, 0.2) is 78.9 Å². The molecule has 4 nitrogen and oxygen atoms in total. The van der Waals surface area contributed by atoms with E-state index in [4.69, 9.17) is 16.3 Å². The standard InChI is InChI=1S/C31H37ClN2O2/c1-3-31(30(35)36-4-2,27-13-6-5-7-14-27)17-10-18-33-19-21-34(22-20-33)29-16-9-12-26(24-29)25-11-8-15-28(32)23-25/h5-9,11-16,23-24H,3-4,10,17-22H2,1-2H3. The highest BCUT2D eigenvalue weighted by Gasteiger charge is 2.39. The summed E-state index contributed by atoms with van der Waals surface area (Å²) in [5.41, 5.74) is 4.08. The first kappa shape index (κ1) is 26.2. The second-order valence-electron chi connectivity index (χ2n) is 9.52. The monoisotopic (exact) mass is 504 g/mol. The van der Waals surface area contributed by atoms with E-state index in [2.05, 4.69) is 59.2 Å². The Kier molecular flexibility index (Phi) is 9.06. The third kappa shape index (κ3) is 6.11. The molecule has 1 fully saturated rings. The minimum Gasteiger partial charge on any atom is -0.465 e. The largest absolute Gasteiger partial charge is 0.465 e. The van der Waals surface area contributed by atoms with Crippen LogP contribution in [-0.4, -0.2) is 50.2 Å². The first-order valence-electron chi connectivity index (χ1n) is 13.1. The number of esters is 1. The van der Waals surface area contributed by atoms with Crippen LogP contribution in [0.1, 0.15) is 38.7 Å². The van der Waals surface area contributed by atoms with Crippen molar-refractivity contribution >= 4 is 23.3 Å². The van der Waals surface area contributed by atoms with E-state index in [9.17, 15) is 4.79 Å². The number of anilines is 1. The van der Waals surface area contributed by atoms with Crippen molar-refractivity contribution < 1.29 is 9.53 Å². The Labute approximate surface area is 220 Å². The van der Waals surface area contributed by atoms with Crippen molar-refractivity contribution in [2.45, 2.75) is 38.5 Å². The second-order valence-corrected chi connectivity index (χ2v) is 9.95. The highest BCUT2D eigenvalue weighted by Crippen LogP contribution is 2.35. The molecule has 5 heteroatoms. The van der Waals surface area contributed by atoms with Crippen LogP contribution in [0.5, 0.6) is 0 Å². The van der Waals surface area contributed by atoms with Gasteiger partial charge in [-0.2, -0.15) is 0 Å². The van der Waals surface area contributed by atoms with E-state index in [1.54, 1.807) is 0 Å². The number of ether oxygens (including phenoxy) is 1. The summed E-state index contributed by atoms with van der Waals surface area (Å²) in [5.74, 6) is -0.0943. The highest BCUT2D eigenvalue weighted by molar-refractivity contribution is 6.30. The van der Waals surface area contributed by atoms with Crippen LogP contribution in [0.3, 0.4) is 0 Å². The Morgan fingerprint density at radius 1 is 0.889 bits per heavy atom. The molecule has 0 saturated carbocycles. The van der Waals surface area contributed by atoms with Crippen molar-refractivity contribution in [3.05, 3.63) is 89.4 Å². The Morgan fingerprint density at radius 3 is 2.25 bits per heavy atom. The van der Waals surface area contributed by atoms with Gasteiger partial charge in [-0.3, -0.25) is 9.69 Å². The molecule has 0 amide bonds. The Hall–Kier alpha value is -2.82. The molecular weight excluding hydrogens is 468 g/mol. The maximum Gasteiger partial charge on any atom is 0.316 e. The highest BCUT2D eigenvalue weighted by atomic mass is 35.5. The third-order valence-electron chi connectivity index (χ3n) is 7.42. The molecular formula is C31H37ClN2O2. The van der Waals surface area contributed by atoms with Gasteiger partial charge >= 0.3 is 5.97 Å². The Morgan fingerprint density at radius 2 is 1.58 bits per heavy atom. The van der Waals surface area contributed by atoms with Gasteiger partial charge in [0.15, 0.2) is 0 Å². The van der Waals surface area contributed by atoms with Crippen molar-refractivity contribution in [3.63, 3.8) is 0 Å². The molecule has 4 rings (SSSR count). The van der Waals surface area contributed by atoms with Gasteiger partial charge in [-0.25, -0.2) is 0 Å². The summed E-state index contributed by atoms with van der Waals surface area (Å²) in [6.07, 6.45) is 2.51. The summed E-state index contributed by atoms with van der Waals surface area (Å²) >= 11 is 6.20. The summed E-state index contributed by atoms with van der Waals surface area (Å²) in [6, 6.07) is 26.9. The van der Waals surface area contributed by atoms with Gasteiger partial charge in [-0.15, -0.1) is 0 Å². The van der Waals surface area contributed by atoms with Gasteiger partial charge in [0.05, 0.1) is 12.0 Å². The van der Waals surface area contributed by atoms with Crippen molar-refractivity contribution in [1.82, 2.24) is 4.90 Å². The van der Waals surface area contributed by atoms with Crippen LogP contribution < -0.4 is 4.90 Å². The predicted octanol–water partition coefficient (Wildman–Crippen LogP) is 6.82. The molecule has 190 valence electrons. The number of halogens is 1. The molecule has 0 N–H and O–H groups in total. The molecule has 3 aromatic rings. The van der Waals surface area contributed by atoms with Crippen molar-refractivity contribution in [2.75, 3.05) is 44.2 Å². The van der Waals surface area contributed by atoms with Crippen LogP contribution in [0.25, 0.3) is 11.1 Å². The Balaban J connectivity index is 1.34. The quantitative estimate of drug-likeness (QED) is 0.283. The average molecular weight is 505 g/mol. The van der Waals surface area contributed by atoms with Gasteiger partial charge in [0.1, 0.15) is 0 Å². The van der Waals surface area contributed by atoms with Gasteiger partial charge in [0.2, 0.25) is 0 Å². The van der Waals surface area contributed by atoms with Crippen LogP contribution >= 0.6 is 11.6 Å². The number of hydrogen-bond donors (Lipinski definition) is 0. The molecule has 1 saturated heterocycles. The summed E-state index contributed by atoms with van der Waals surface area (Å²) < 4.78 is 5.54. The molecule has 36 heavy (non-hydrogen) atoms. The van der Waals surface area contributed by atoms with E-state index in [0.29, 0.717) is 6.61 Å². The van der Waals surface area contributed by atoms with E-state index in [0.717, 1.165) is 68.1 Å². The zero-order chi connectivity index (χ0) is 25.4. The molecule has 1 aliphatic heterocycles. The zero-order valence-corrected chi connectivity index (χ0v) is 22.2. The first-order chi connectivity index (χ1) is 17.6. The number of carbonyl (C=O) groups is 1. The molecule has 1 heterocycles. The fraction of sp³-hybridized carbons (Fsp3) is 0.387. The number of benzene rings is 3. The number of nitrogens with zero attached hydrogens (tertiary/aromatic N) is 2. The van der Waals surface area contributed by atoms with E-state index in [1.165, 1.54) is 11.3 Å². The van der Waals surface area contributed by atoms with Crippen molar-refractivity contribution in [1.29, 1.82) is 0 Å². The lowest BCUT2D eigenvalue weighted by Crippen LogP contribution is -2.47. The second kappa shape index (κ2) is 12.4. The maximum absolute atomic E-state index is 13.1. The predicted molar refractivity (Wildman–Crippen MR) is 150 cm³/mol. The smallest absolute Gasteiger partial charge is 0.316 e. The van der Waals surface area contributed by atoms with Crippen LogP contribution in [0, 0.1) is 0 Å². The fourth-order valence-corrected chi connectivity index (χ4v) is 5.49. The molecule has 0 radical (unpaired) electrons. The SMILES string of the molecule is CCOC(=O)C(CC)(CCCN1CCN(c2cccc(-c3cccc(Cl)c3)c2)CC1)c1ccccc1. The number of carbonyl (C=O) groups excluding carboxylic acids is 1. The first-order valence-corrected chi connectivity index (χ1v) is 13.5. The lowest BCUT2D eigenvalue weighted by atomic mass is 9.74. The molecule has 0 aliphatic carbocycles. The fourth-order valence-electron chi connectivity index (χ4n) is 5.30. The normalized spacial score (nSPS) is 15.9. The molecule has 0 aromatic heterocycles. The molecule has 0 spiro atoms. The van der Waals surface area contributed by atoms with Crippen LogP contribution in [0.2, 0.25) is 5.02 Å². The lowest BCUT2D eigenvalue weighted by molar-refractivity contribution is -0.150. The minimum absolute atomic E-state index is 0.0943. The molecule has 1 aliphatic rings. The van der Waals surface area contributed by atoms with E-state index in [-0.39, 0.29) is 5.97 Å². The van der Waals surface area contributed by atoms with Gasteiger partial charge in [-0.05, 0) is 73.7 Å². The van der Waals surface area contributed by atoms with Crippen LogP contribution in [0.4, 0.5) is 5.69 Å². The van der Waals surface area contributed by atoms with Gasteiger partial charge in [-0.1, -0.05) is 73.1 Å². The maximum atomic E-state index is 13.1. The summed E-state index contributed by atoms with van der Waals surface area (Å²) in [4.78, 5) is 18.1. The van der Waals surface area contributed by atoms with Crippen molar-refractivity contribution in [3.8, 4) is 11.1 Å². The van der Waals surface area contributed by atoms with Crippen molar-refractivity contribution in [2.24, 2.45) is 0 Å². The Bertz CT molecular complexity index is 1130.